The number of carbonyl (C=O) groups excluding carboxylic acids is 2. The lowest BCUT2D eigenvalue weighted by Crippen LogP contribution is -2.39. The van der Waals surface area contributed by atoms with Crippen LogP contribution in [0, 0.1) is 5.92 Å². The summed E-state index contributed by atoms with van der Waals surface area (Å²) in [6, 6.07) is 9.24. The number of rotatable bonds is 4. The van der Waals surface area contributed by atoms with E-state index < -0.39 is 0 Å². The van der Waals surface area contributed by atoms with Crippen molar-refractivity contribution in [3.05, 3.63) is 30.3 Å². The first-order chi connectivity index (χ1) is 9.16. The summed E-state index contributed by atoms with van der Waals surface area (Å²) in [4.78, 5) is 25.4. The van der Waals surface area contributed by atoms with E-state index in [0.29, 0.717) is 6.54 Å². The van der Waals surface area contributed by atoms with Gasteiger partial charge in [-0.25, -0.2) is 0 Å². The van der Waals surface area contributed by atoms with Gasteiger partial charge in [-0.3, -0.25) is 9.59 Å². The topological polar surface area (TPSA) is 61.4 Å². The van der Waals surface area contributed by atoms with E-state index in [9.17, 15) is 9.59 Å². The fraction of sp³-hybridized carbons (Fsp3) is 0.429. The summed E-state index contributed by atoms with van der Waals surface area (Å²) in [6.45, 7) is 1.67. The molecule has 1 saturated heterocycles. The van der Waals surface area contributed by atoms with Gasteiger partial charge in [0.15, 0.2) is 0 Å². The molecule has 20 heavy (non-hydrogen) atoms. The second kappa shape index (κ2) is 7.87. The molecular formula is C14H20ClN3O2. The fourth-order valence-electron chi connectivity index (χ4n) is 2.19. The molecule has 1 aromatic rings. The molecular weight excluding hydrogens is 278 g/mol. The highest BCUT2D eigenvalue weighted by molar-refractivity contribution is 5.94. The molecule has 0 saturated carbocycles. The Morgan fingerprint density at radius 3 is 2.65 bits per heavy atom. The minimum atomic E-state index is -0.173. The number of carbonyl (C=O) groups is 2. The number of nitrogens with one attached hydrogen (secondary N) is 2. The van der Waals surface area contributed by atoms with Crippen molar-refractivity contribution in [3.63, 3.8) is 0 Å². The highest BCUT2D eigenvalue weighted by Gasteiger charge is 2.26. The lowest BCUT2D eigenvalue weighted by molar-refractivity contribution is -0.136. The number of halogens is 1. The summed E-state index contributed by atoms with van der Waals surface area (Å²) in [6.07, 6.45) is 0.851. The Morgan fingerprint density at radius 1 is 1.35 bits per heavy atom. The van der Waals surface area contributed by atoms with Crippen LogP contribution in [0.1, 0.15) is 6.42 Å². The molecule has 2 rings (SSSR count). The van der Waals surface area contributed by atoms with Crippen molar-refractivity contribution in [1.29, 1.82) is 0 Å². The van der Waals surface area contributed by atoms with Crippen LogP contribution in [0.2, 0.25) is 0 Å². The third kappa shape index (κ3) is 4.51. The van der Waals surface area contributed by atoms with Crippen molar-refractivity contribution in [1.82, 2.24) is 10.2 Å². The van der Waals surface area contributed by atoms with Gasteiger partial charge >= 0.3 is 0 Å². The van der Waals surface area contributed by atoms with Crippen molar-refractivity contribution in [3.8, 4) is 0 Å². The maximum absolute atomic E-state index is 12.0. The Bertz CT molecular complexity index is 447. The highest BCUT2D eigenvalue weighted by atomic mass is 35.5. The van der Waals surface area contributed by atoms with Crippen LogP contribution in [0.5, 0.6) is 0 Å². The SMILES string of the molecule is CN(CC(=O)Nc1ccccc1)C(=O)C1CCNC1.Cl. The van der Waals surface area contributed by atoms with Gasteiger partial charge in [0.2, 0.25) is 11.8 Å². The summed E-state index contributed by atoms with van der Waals surface area (Å²) in [7, 11) is 1.67. The van der Waals surface area contributed by atoms with Gasteiger partial charge in [-0.15, -0.1) is 12.4 Å². The predicted octanol–water partition coefficient (Wildman–Crippen LogP) is 1.11. The molecule has 1 atom stereocenters. The molecule has 0 radical (unpaired) electrons. The van der Waals surface area contributed by atoms with Crippen LogP contribution in [0.4, 0.5) is 5.69 Å². The van der Waals surface area contributed by atoms with E-state index in [-0.39, 0.29) is 36.7 Å². The third-order valence-electron chi connectivity index (χ3n) is 3.22. The Balaban J connectivity index is 0.00000200. The zero-order valence-corrected chi connectivity index (χ0v) is 12.3. The van der Waals surface area contributed by atoms with Gasteiger partial charge in [0.1, 0.15) is 0 Å². The van der Waals surface area contributed by atoms with Gasteiger partial charge < -0.3 is 15.5 Å². The molecule has 1 unspecified atom stereocenters. The van der Waals surface area contributed by atoms with Crippen LogP contribution < -0.4 is 10.6 Å². The van der Waals surface area contributed by atoms with Crippen molar-refractivity contribution < 1.29 is 9.59 Å². The maximum Gasteiger partial charge on any atom is 0.243 e. The predicted molar refractivity (Wildman–Crippen MR) is 80.9 cm³/mol. The molecule has 110 valence electrons. The van der Waals surface area contributed by atoms with Crippen LogP contribution >= 0.6 is 12.4 Å². The maximum atomic E-state index is 12.0. The Labute approximate surface area is 125 Å². The van der Waals surface area contributed by atoms with Crippen molar-refractivity contribution in [2.24, 2.45) is 5.92 Å². The molecule has 0 aromatic heterocycles. The van der Waals surface area contributed by atoms with E-state index in [0.717, 1.165) is 18.7 Å². The normalized spacial score (nSPS) is 17.1. The molecule has 2 N–H and O–H groups in total. The summed E-state index contributed by atoms with van der Waals surface area (Å²) in [5, 5.41) is 5.92. The quantitative estimate of drug-likeness (QED) is 0.875. The number of hydrogen-bond donors (Lipinski definition) is 2. The molecule has 1 fully saturated rings. The first-order valence-electron chi connectivity index (χ1n) is 6.47. The second-order valence-electron chi connectivity index (χ2n) is 4.80. The Morgan fingerprint density at radius 2 is 2.05 bits per heavy atom. The van der Waals surface area contributed by atoms with Gasteiger partial charge in [-0.05, 0) is 25.1 Å². The number of para-hydroxylation sites is 1. The van der Waals surface area contributed by atoms with Crippen LogP contribution in [0.3, 0.4) is 0 Å². The summed E-state index contributed by atoms with van der Waals surface area (Å²) >= 11 is 0. The monoisotopic (exact) mass is 297 g/mol. The van der Waals surface area contributed by atoms with E-state index in [2.05, 4.69) is 10.6 Å². The average Bonchev–Trinajstić information content (AvgIpc) is 2.92. The lowest BCUT2D eigenvalue weighted by atomic mass is 10.1. The van der Waals surface area contributed by atoms with Crippen molar-refractivity contribution >= 4 is 29.9 Å². The van der Waals surface area contributed by atoms with E-state index in [1.807, 2.05) is 30.3 Å². The number of likely N-dealkylation sites (N-methyl/N-ethyl adjacent to an activating group) is 1. The largest absolute Gasteiger partial charge is 0.336 e. The van der Waals surface area contributed by atoms with Crippen molar-refractivity contribution in [2.45, 2.75) is 6.42 Å². The average molecular weight is 298 g/mol. The molecule has 2 amide bonds. The Hall–Kier alpha value is -1.59. The van der Waals surface area contributed by atoms with Gasteiger partial charge in [0.25, 0.3) is 0 Å². The number of anilines is 1. The molecule has 0 bridgehead atoms. The number of hydrogen-bond acceptors (Lipinski definition) is 3. The number of benzene rings is 1. The number of nitrogens with zero attached hydrogens (tertiary/aromatic N) is 1. The molecule has 0 spiro atoms. The van der Waals surface area contributed by atoms with Gasteiger partial charge in [-0.2, -0.15) is 0 Å². The van der Waals surface area contributed by atoms with Crippen LogP contribution in [0.15, 0.2) is 30.3 Å². The first-order valence-corrected chi connectivity index (χ1v) is 6.47. The van der Waals surface area contributed by atoms with E-state index in [4.69, 9.17) is 0 Å². The zero-order chi connectivity index (χ0) is 13.7. The molecule has 1 aliphatic heterocycles. The molecule has 5 nitrogen and oxygen atoms in total. The minimum absolute atomic E-state index is 0. The van der Waals surface area contributed by atoms with E-state index >= 15 is 0 Å². The van der Waals surface area contributed by atoms with E-state index in [1.165, 1.54) is 4.90 Å². The molecule has 1 heterocycles. The molecule has 6 heteroatoms. The second-order valence-corrected chi connectivity index (χ2v) is 4.80. The summed E-state index contributed by atoms with van der Waals surface area (Å²) in [5.74, 6) is -0.129. The van der Waals surface area contributed by atoms with E-state index in [1.54, 1.807) is 7.05 Å². The molecule has 0 aliphatic carbocycles. The van der Waals surface area contributed by atoms with Crippen LogP contribution in [-0.4, -0.2) is 43.4 Å². The minimum Gasteiger partial charge on any atom is -0.336 e. The lowest BCUT2D eigenvalue weighted by Gasteiger charge is -2.20. The summed E-state index contributed by atoms with van der Waals surface area (Å²) < 4.78 is 0. The first kappa shape index (κ1) is 16.5. The van der Waals surface area contributed by atoms with Gasteiger partial charge in [0.05, 0.1) is 12.5 Å². The third-order valence-corrected chi connectivity index (χ3v) is 3.22. The molecule has 1 aliphatic rings. The summed E-state index contributed by atoms with van der Waals surface area (Å²) in [5.41, 5.74) is 0.746. The van der Waals surface area contributed by atoms with Gasteiger partial charge in [-0.1, -0.05) is 18.2 Å². The molecule has 1 aromatic carbocycles. The van der Waals surface area contributed by atoms with Crippen LogP contribution in [0.25, 0.3) is 0 Å². The number of amides is 2. The van der Waals surface area contributed by atoms with Crippen LogP contribution in [-0.2, 0) is 9.59 Å². The van der Waals surface area contributed by atoms with Gasteiger partial charge in [0, 0.05) is 19.3 Å². The fourth-order valence-corrected chi connectivity index (χ4v) is 2.19. The zero-order valence-electron chi connectivity index (χ0n) is 11.5. The Kier molecular flexibility index (Phi) is 6.48. The van der Waals surface area contributed by atoms with Crippen molar-refractivity contribution in [2.75, 3.05) is 32.0 Å². The smallest absolute Gasteiger partial charge is 0.243 e. The highest BCUT2D eigenvalue weighted by Crippen LogP contribution is 2.11. The standard InChI is InChI=1S/C14H19N3O2.ClH/c1-17(14(19)11-7-8-15-9-11)10-13(18)16-12-5-3-2-4-6-12;/h2-6,11,15H,7-10H2,1H3,(H,16,18);1H.